The molecule has 0 amide bonds. The Hall–Kier alpha value is -1.55. The Morgan fingerprint density at radius 1 is 1.32 bits per heavy atom. The SMILES string of the molecule is CCCn1nccc1C(NC)c1c(C)oc(C)c1C. The molecule has 0 saturated heterocycles. The van der Waals surface area contributed by atoms with E-state index in [4.69, 9.17) is 4.42 Å². The average molecular weight is 261 g/mol. The van der Waals surface area contributed by atoms with Gasteiger partial charge in [-0.2, -0.15) is 5.10 Å². The number of aryl methyl sites for hydroxylation is 3. The minimum absolute atomic E-state index is 0.131. The molecule has 2 aromatic heterocycles. The topological polar surface area (TPSA) is 43.0 Å². The van der Waals surface area contributed by atoms with Crippen molar-refractivity contribution in [2.24, 2.45) is 0 Å². The molecular formula is C15H23N3O. The van der Waals surface area contributed by atoms with Gasteiger partial charge in [0.15, 0.2) is 0 Å². The molecule has 2 rings (SSSR count). The van der Waals surface area contributed by atoms with E-state index in [9.17, 15) is 0 Å². The van der Waals surface area contributed by atoms with Crippen molar-refractivity contribution in [1.82, 2.24) is 15.1 Å². The molecule has 1 atom stereocenters. The summed E-state index contributed by atoms with van der Waals surface area (Å²) in [4.78, 5) is 0. The van der Waals surface area contributed by atoms with E-state index in [-0.39, 0.29) is 6.04 Å². The van der Waals surface area contributed by atoms with Crippen molar-refractivity contribution in [3.05, 3.63) is 40.6 Å². The highest BCUT2D eigenvalue weighted by molar-refractivity contribution is 5.38. The molecule has 0 radical (unpaired) electrons. The van der Waals surface area contributed by atoms with E-state index in [1.165, 1.54) is 16.8 Å². The second kappa shape index (κ2) is 5.61. The first-order valence-corrected chi connectivity index (χ1v) is 6.85. The summed E-state index contributed by atoms with van der Waals surface area (Å²) in [5.41, 5.74) is 3.65. The highest BCUT2D eigenvalue weighted by Gasteiger charge is 2.23. The number of aromatic nitrogens is 2. The summed E-state index contributed by atoms with van der Waals surface area (Å²) in [6.45, 7) is 9.27. The Kier molecular flexibility index (Phi) is 4.10. The average Bonchev–Trinajstić information content (AvgIpc) is 2.91. The van der Waals surface area contributed by atoms with E-state index in [1.54, 1.807) is 0 Å². The molecule has 1 unspecified atom stereocenters. The lowest BCUT2D eigenvalue weighted by atomic mass is 9.99. The van der Waals surface area contributed by atoms with E-state index in [2.05, 4.69) is 35.0 Å². The van der Waals surface area contributed by atoms with Gasteiger partial charge in [-0.25, -0.2) is 0 Å². The van der Waals surface area contributed by atoms with Gasteiger partial charge in [0.05, 0.1) is 11.7 Å². The Bertz CT molecular complexity index is 554. The van der Waals surface area contributed by atoms with Crippen molar-refractivity contribution >= 4 is 0 Å². The molecule has 0 saturated carbocycles. The highest BCUT2D eigenvalue weighted by atomic mass is 16.3. The van der Waals surface area contributed by atoms with E-state index < -0.39 is 0 Å². The Morgan fingerprint density at radius 3 is 2.58 bits per heavy atom. The third-order valence-corrected chi connectivity index (χ3v) is 3.68. The maximum atomic E-state index is 5.76. The van der Waals surface area contributed by atoms with Crippen LogP contribution in [0, 0.1) is 20.8 Å². The lowest BCUT2D eigenvalue weighted by molar-refractivity contribution is 0.489. The normalized spacial score (nSPS) is 12.9. The molecule has 19 heavy (non-hydrogen) atoms. The predicted octanol–water partition coefficient (Wildman–Crippen LogP) is 3.12. The van der Waals surface area contributed by atoms with Gasteiger partial charge in [-0.3, -0.25) is 4.68 Å². The van der Waals surface area contributed by atoms with Crippen molar-refractivity contribution < 1.29 is 4.42 Å². The van der Waals surface area contributed by atoms with E-state index in [1.807, 2.05) is 27.1 Å². The quantitative estimate of drug-likeness (QED) is 0.899. The van der Waals surface area contributed by atoms with Crippen molar-refractivity contribution in [3.8, 4) is 0 Å². The summed E-state index contributed by atoms with van der Waals surface area (Å²) < 4.78 is 7.83. The zero-order chi connectivity index (χ0) is 14.0. The zero-order valence-electron chi connectivity index (χ0n) is 12.4. The summed E-state index contributed by atoms with van der Waals surface area (Å²) in [5.74, 6) is 1.98. The van der Waals surface area contributed by atoms with Crippen LogP contribution in [0.4, 0.5) is 0 Å². The number of furan rings is 1. The van der Waals surface area contributed by atoms with Gasteiger partial charge in [0, 0.05) is 18.3 Å². The van der Waals surface area contributed by atoms with Crippen LogP contribution in [0.5, 0.6) is 0 Å². The van der Waals surface area contributed by atoms with Gasteiger partial charge in [-0.05, 0) is 45.9 Å². The first-order chi connectivity index (χ1) is 9.10. The summed E-state index contributed by atoms with van der Waals surface area (Å²) in [5, 5.41) is 7.81. The van der Waals surface area contributed by atoms with Gasteiger partial charge >= 0.3 is 0 Å². The number of nitrogens with zero attached hydrogens (tertiary/aromatic N) is 2. The van der Waals surface area contributed by atoms with E-state index in [0.29, 0.717) is 0 Å². The second-order valence-corrected chi connectivity index (χ2v) is 4.95. The van der Waals surface area contributed by atoms with Crippen LogP contribution in [-0.4, -0.2) is 16.8 Å². The van der Waals surface area contributed by atoms with E-state index >= 15 is 0 Å². The number of nitrogens with one attached hydrogen (secondary N) is 1. The maximum absolute atomic E-state index is 5.76. The number of rotatable bonds is 5. The molecule has 104 valence electrons. The van der Waals surface area contributed by atoms with Crippen molar-refractivity contribution in [2.75, 3.05) is 7.05 Å². The molecule has 0 aliphatic heterocycles. The molecule has 2 aromatic rings. The lowest BCUT2D eigenvalue weighted by Crippen LogP contribution is -2.22. The monoisotopic (exact) mass is 261 g/mol. The second-order valence-electron chi connectivity index (χ2n) is 4.95. The Labute approximate surface area is 114 Å². The van der Waals surface area contributed by atoms with Crippen molar-refractivity contribution in [3.63, 3.8) is 0 Å². The van der Waals surface area contributed by atoms with Crippen LogP contribution in [0.25, 0.3) is 0 Å². The molecule has 0 aliphatic rings. The summed E-state index contributed by atoms with van der Waals surface area (Å²) in [6, 6.07) is 2.21. The van der Waals surface area contributed by atoms with Gasteiger partial charge in [0.2, 0.25) is 0 Å². The van der Waals surface area contributed by atoms with Crippen molar-refractivity contribution in [2.45, 2.75) is 46.7 Å². The molecule has 0 bridgehead atoms. The van der Waals surface area contributed by atoms with Crippen LogP contribution in [-0.2, 0) is 6.54 Å². The maximum Gasteiger partial charge on any atom is 0.106 e. The fourth-order valence-corrected chi connectivity index (χ4v) is 2.66. The largest absolute Gasteiger partial charge is 0.466 e. The summed E-state index contributed by atoms with van der Waals surface area (Å²) in [6.07, 6.45) is 2.94. The Balaban J connectivity index is 2.47. The fourth-order valence-electron chi connectivity index (χ4n) is 2.66. The van der Waals surface area contributed by atoms with Crippen LogP contribution in [0.15, 0.2) is 16.7 Å². The highest BCUT2D eigenvalue weighted by Crippen LogP contribution is 2.31. The third kappa shape index (κ3) is 2.45. The first kappa shape index (κ1) is 13.9. The number of hydrogen-bond donors (Lipinski definition) is 1. The zero-order valence-corrected chi connectivity index (χ0v) is 12.4. The first-order valence-electron chi connectivity index (χ1n) is 6.85. The molecule has 0 spiro atoms. The van der Waals surface area contributed by atoms with Crippen molar-refractivity contribution in [1.29, 1.82) is 0 Å². The van der Waals surface area contributed by atoms with Gasteiger partial charge in [-0.15, -0.1) is 0 Å². The number of hydrogen-bond acceptors (Lipinski definition) is 3. The third-order valence-electron chi connectivity index (χ3n) is 3.68. The smallest absolute Gasteiger partial charge is 0.106 e. The molecular weight excluding hydrogens is 238 g/mol. The van der Waals surface area contributed by atoms with Gasteiger partial charge < -0.3 is 9.73 Å². The lowest BCUT2D eigenvalue weighted by Gasteiger charge is -2.18. The predicted molar refractivity (Wildman–Crippen MR) is 76.3 cm³/mol. The molecule has 0 fully saturated rings. The summed E-state index contributed by atoms with van der Waals surface area (Å²) in [7, 11) is 1.98. The van der Waals surface area contributed by atoms with Crippen LogP contribution in [0.1, 0.15) is 47.7 Å². The van der Waals surface area contributed by atoms with Gasteiger partial charge in [0.25, 0.3) is 0 Å². The van der Waals surface area contributed by atoms with E-state index in [0.717, 1.165) is 24.5 Å². The van der Waals surface area contributed by atoms with Gasteiger partial charge in [-0.1, -0.05) is 6.92 Å². The molecule has 2 heterocycles. The Morgan fingerprint density at radius 2 is 2.05 bits per heavy atom. The van der Waals surface area contributed by atoms with Gasteiger partial charge in [0.1, 0.15) is 11.5 Å². The van der Waals surface area contributed by atoms with Crippen LogP contribution in [0.3, 0.4) is 0 Å². The minimum Gasteiger partial charge on any atom is -0.466 e. The molecule has 1 N–H and O–H groups in total. The molecule has 0 aromatic carbocycles. The molecule has 4 nitrogen and oxygen atoms in total. The molecule has 0 aliphatic carbocycles. The van der Waals surface area contributed by atoms with Crippen LogP contribution in [0.2, 0.25) is 0 Å². The van der Waals surface area contributed by atoms with Crippen LogP contribution < -0.4 is 5.32 Å². The minimum atomic E-state index is 0.131. The standard InChI is InChI=1S/C15H23N3O/c1-6-9-18-13(7-8-17-18)15(16-5)14-10(2)11(3)19-12(14)4/h7-8,15-16H,6,9H2,1-5H3. The summed E-state index contributed by atoms with van der Waals surface area (Å²) >= 11 is 0. The fraction of sp³-hybridized carbons (Fsp3) is 0.533. The molecule has 4 heteroatoms. The van der Waals surface area contributed by atoms with Crippen LogP contribution >= 0.6 is 0 Å².